The molecule has 0 N–H and O–H groups in total. The van der Waals surface area contributed by atoms with Crippen LogP contribution in [0.15, 0.2) is 60.7 Å². The van der Waals surface area contributed by atoms with E-state index in [2.05, 4.69) is 61.5 Å². The van der Waals surface area contributed by atoms with Crippen LogP contribution in [0.5, 0.6) is 5.75 Å². The molecule has 0 aliphatic rings. The SMILES string of the molecule is COc1ccc2c(ccc3ccc4c(C)cccc4c32)c1. The fourth-order valence-electron chi connectivity index (χ4n) is 3.18. The first-order chi connectivity index (χ1) is 10.3. The van der Waals surface area contributed by atoms with Crippen LogP contribution in [0.2, 0.25) is 0 Å². The predicted octanol–water partition coefficient (Wildman–Crippen LogP) is 5.46. The van der Waals surface area contributed by atoms with Gasteiger partial charge in [0.15, 0.2) is 0 Å². The first-order valence-corrected chi connectivity index (χ1v) is 7.17. The Labute approximate surface area is 123 Å². The zero-order chi connectivity index (χ0) is 14.4. The number of aryl methyl sites for hydroxylation is 1. The summed E-state index contributed by atoms with van der Waals surface area (Å²) in [5, 5.41) is 7.76. The monoisotopic (exact) mass is 272 g/mol. The molecule has 21 heavy (non-hydrogen) atoms. The maximum atomic E-state index is 5.34. The van der Waals surface area contributed by atoms with Gasteiger partial charge in [0.1, 0.15) is 5.75 Å². The van der Waals surface area contributed by atoms with Crippen molar-refractivity contribution in [2.24, 2.45) is 0 Å². The van der Waals surface area contributed by atoms with Crippen LogP contribution in [-0.2, 0) is 0 Å². The van der Waals surface area contributed by atoms with Crippen LogP contribution >= 0.6 is 0 Å². The molecular weight excluding hydrogens is 256 g/mol. The number of benzene rings is 4. The lowest BCUT2D eigenvalue weighted by molar-refractivity contribution is 0.415. The summed E-state index contributed by atoms with van der Waals surface area (Å²) in [6.45, 7) is 2.17. The van der Waals surface area contributed by atoms with Crippen LogP contribution in [0.4, 0.5) is 0 Å². The van der Waals surface area contributed by atoms with E-state index in [1.807, 2.05) is 6.07 Å². The van der Waals surface area contributed by atoms with Crippen molar-refractivity contribution in [1.82, 2.24) is 0 Å². The number of ether oxygens (including phenoxy) is 1. The first-order valence-electron chi connectivity index (χ1n) is 7.17. The van der Waals surface area contributed by atoms with Crippen LogP contribution in [0.1, 0.15) is 5.56 Å². The quantitative estimate of drug-likeness (QED) is 0.418. The minimum Gasteiger partial charge on any atom is -0.497 e. The molecular formula is C20H16O. The molecule has 0 saturated heterocycles. The molecule has 4 aromatic carbocycles. The smallest absolute Gasteiger partial charge is 0.119 e. The Hall–Kier alpha value is -2.54. The molecule has 0 saturated carbocycles. The van der Waals surface area contributed by atoms with Gasteiger partial charge in [0.05, 0.1) is 7.11 Å². The van der Waals surface area contributed by atoms with E-state index in [0.717, 1.165) is 5.75 Å². The molecule has 0 atom stereocenters. The van der Waals surface area contributed by atoms with Crippen molar-refractivity contribution in [3.8, 4) is 5.75 Å². The molecule has 1 nitrogen and oxygen atoms in total. The summed E-state index contributed by atoms with van der Waals surface area (Å²) in [5.41, 5.74) is 1.32. The van der Waals surface area contributed by atoms with Gasteiger partial charge >= 0.3 is 0 Å². The molecule has 102 valence electrons. The fraction of sp³-hybridized carbons (Fsp3) is 0.100. The van der Waals surface area contributed by atoms with Crippen LogP contribution in [0.3, 0.4) is 0 Å². The van der Waals surface area contributed by atoms with Gasteiger partial charge in [-0.1, -0.05) is 48.5 Å². The molecule has 4 rings (SSSR count). The number of hydrogen-bond donors (Lipinski definition) is 0. The summed E-state index contributed by atoms with van der Waals surface area (Å²) in [6, 6.07) is 21.6. The predicted molar refractivity (Wildman–Crippen MR) is 90.2 cm³/mol. The minimum atomic E-state index is 0.901. The lowest BCUT2D eigenvalue weighted by Crippen LogP contribution is -1.85. The second-order valence-electron chi connectivity index (χ2n) is 5.49. The van der Waals surface area contributed by atoms with Crippen molar-refractivity contribution in [2.45, 2.75) is 6.92 Å². The van der Waals surface area contributed by atoms with Gasteiger partial charge in [-0.25, -0.2) is 0 Å². The Kier molecular flexibility index (Phi) is 2.61. The second kappa shape index (κ2) is 4.49. The van der Waals surface area contributed by atoms with Gasteiger partial charge in [-0.2, -0.15) is 0 Å². The number of rotatable bonds is 1. The average Bonchev–Trinajstić information content (AvgIpc) is 2.54. The summed E-state index contributed by atoms with van der Waals surface area (Å²) < 4.78 is 5.34. The molecule has 0 aliphatic heterocycles. The largest absolute Gasteiger partial charge is 0.497 e. The summed E-state index contributed by atoms with van der Waals surface area (Å²) in [6.07, 6.45) is 0. The average molecular weight is 272 g/mol. The van der Waals surface area contributed by atoms with Gasteiger partial charge in [0.2, 0.25) is 0 Å². The molecule has 0 bridgehead atoms. The molecule has 0 radical (unpaired) electrons. The maximum Gasteiger partial charge on any atom is 0.119 e. The van der Waals surface area contributed by atoms with Crippen molar-refractivity contribution in [1.29, 1.82) is 0 Å². The third kappa shape index (κ3) is 1.78. The summed E-state index contributed by atoms with van der Waals surface area (Å²) in [5.74, 6) is 0.901. The third-order valence-corrected chi connectivity index (χ3v) is 4.28. The van der Waals surface area contributed by atoms with E-state index in [1.54, 1.807) is 7.11 Å². The molecule has 0 fully saturated rings. The van der Waals surface area contributed by atoms with Crippen LogP contribution in [0.25, 0.3) is 32.3 Å². The Morgan fingerprint density at radius 1 is 0.714 bits per heavy atom. The van der Waals surface area contributed by atoms with Crippen molar-refractivity contribution in [3.05, 3.63) is 66.2 Å². The highest BCUT2D eigenvalue weighted by Crippen LogP contribution is 2.34. The minimum absolute atomic E-state index is 0.901. The Morgan fingerprint density at radius 2 is 1.48 bits per heavy atom. The fourth-order valence-corrected chi connectivity index (χ4v) is 3.18. The molecule has 0 amide bonds. The van der Waals surface area contributed by atoms with Gasteiger partial charge < -0.3 is 4.74 Å². The highest BCUT2D eigenvalue weighted by Gasteiger charge is 2.07. The van der Waals surface area contributed by atoms with E-state index in [0.29, 0.717) is 0 Å². The molecule has 0 unspecified atom stereocenters. The molecule has 1 heteroatoms. The molecule has 0 heterocycles. The second-order valence-corrected chi connectivity index (χ2v) is 5.49. The lowest BCUT2D eigenvalue weighted by Gasteiger charge is -2.10. The molecule has 0 aromatic heterocycles. The van der Waals surface area contributed by atoms with Crippen molar-refractivity contribution in [3.63, 3.8) is 0 Å². The van der Waals surface area contributed by atoms with Gasteiger partial charge in [-0.05, 0) is 56.9 Å². The van der Waals surface area contributed by atoms with E-state index in [1.165, 1.54) is 37.9 Å². The van der Waals surface area contributed by atoms with Gasteiger partial charge in [0.25, 0.3) is 0 Å². The van der Waals surface area contributed by atoms with Crippen LogP contribution < -0.4 is 4.74 Å². The third-order valence-electron chi connectivity index (χ3n) is 4.28. The van der Waals surface area contributed by atoms with Gasteiger partial charge in [0, 0.05) is 0 Å². The zero-order valence-corrected chi connectivity index (χ0v) is 12.2. The normalized spacial score (nSPS) is 11.3. The van der Waals surface area contributed by atoms with Crippen molar-refractivity contribution < 1.29 is 4.74 Å². The molecule has 0 spiro atoms. The summed E-state index contributed by atoms with van der Waals surface area (Å²) >= 11 is 0. The highest BCUT2D eigenvalue weighted by atomic mass is 16.5. The summed E-state index contributed by atoms with van der Waals surface area (Å²) in [7, 11) is 1.71. The number of methoxy groups -OCH3 is 1. The Morgan fingerprint density at radius 3 is 2.33 bits per heavy atom. The Balaban J connectivity index is 2.25. The van der Waals surface area contributed by atoms with E-state index >= 15 is 0 Å². The standard InChI is InChI=1S/C20H16O/c1-13-4-3-5-19-17(13)10-8-14-6-7-15-12-16(21-2)9-11-18(15)20(14)19/h3-12H,1-2H3. The van der Waals surface area contributed by atoms with E-state index in [4.69, 9.17) is 4.74 Å². The van der Waals surface area contributed by atoms with E-state index in [9.17, 15) is 0 Å². The lowest BCUT2D eigenvalue weighted by atomic mass is 9.95. The van der Waals surface area contributed by atoms with Crippen molar-refractivity contribution in [2.75, 3.05) is 7.11 Å². The van der Waals surface area contributed by atoms with E-state index in [-0.39, 0.29) is 0 Å². The highest BCUT2D eigenvalue weighted by molar-refractivity contribution is 6.20. The van der Waals surface area contributed by atoms with Crippen molar-refractivity contribution >= 4 is 32.3 Å². The maximum absolute atomic E-state index is 5.34. The van der Waals surface area contributed by atoms with Crippen LogP contribution in [0, 0.1) is 6.92 Å². The first kappa shape index (κ1) is 12.2. The molecule has 4 aromatic rings. The number of hydrogen-bond acceptors (Lipinski definition) is 1. The van der Waals surface area contributed by atoms with Crippen LogP contribution in [-0.4, -0.2) is 7.11 Å². The number of fused-ring (bicyclic) bond motifs is 5. The van der Waals surface area contributed by atoms with Gasteiger partial charge in [-0.3, -0.25) is 0 Å². The van der Waals surface area contributed by atoms with Gasteiger partial charge in [-0.15, -0.1) is 0 Å². The van der Waals surface area contributed by atoms with E-state index < -0.39 is 0 Å². The Bertz CT molecular complexity index is 983. The molecule has 0 aliphatic carbocycles. The topological polar surface area (TPSA) is 9.23 Å². The zero-order valence-electron chi connectivity index (χ0n) is 12.2. The summed E-state index contributed by atoms with van der Waals surface area (Å²) in [4.78, 5) is 0.